The standard InChI is InChI=1S/C24H34N6/c1-3-5-15-22(25)28-27-21-14-10-13-20(18-17-19-11-8-7-9-12-19)24(21)30-29-23(26)16-6-4-2/h7-14,17-18,22-23H,3-6,15-16,25-26H2,1-2H3. The highest BCUT2D eigenvalue weighted by Gasteiger charge is 2.08. The first-order chi connectivity index (χ1) is 14.6. The topological polar surface area (TPSA) is 101 Å². The Labute approximate surface area is 180 Å². The molecule has 0 fully saturated rings. The predicted octanol–water partition coefficient (Wildman–Crippen LogP) is 6.97. The average Bonchev–Trinajstić information content (AvgIpc) is 2.78. The number of hydrogen-bond acceptors (Lipinski definition) is 6. The van der Waals surface area contributed by atoms with E-state index < -0.39 is 0 Å². The first-order valence-electron chi connectivity index (χ1n) is 10.8. The van der Waals surface area contributed by atoms with Crippen LogP contribution in [0.25, 0.3) is 12.2 Å². The normalized spacial score (nSPS) is 14.1. The quantitative estimate of drug-likeness (QED) is 0.293. The lowest BCUT2D eigenvalue weighted by Crippen LogP contribution is -2.15. The van der Waals surface area contributed by atoms with Crippen LogP contribution in [0.15, 0.2) is 69.0 Å². The van der Waals surface area contributed by atoms with E-state index in [1.807, 2.05) is 48.6 Å². The van der Waals surface area contributed by atoms with Crippen LogP contribution in [0.2, 0.25) is 0 Å². The zero-order chi connectivity index (χ0) is 21.6. The van der Waals surface area contributed by atoms with Crippen LogP contribution in [0, 0.1) is 0 Å². The molecule has 30 heavy (non-hydrogen) atoms. The van der Waals surface area contributed by atoms with Crippen molar-refractivity contribution in [1.29, 1.82) is 0 Å². The van der Waals surface area contributed by atoms with Crippen LogP contribution in [0.3, 0.4) is 0 Å². The molecule has 4 N–H and O–H groups in total. The third-order valence-corrected chi connectivity index (χ3v) is 4.63. The Kier molecular flexibility index (Phi) is 10.6. The number of unbranched alkanes of at least 4 members (excludes halogenated alkanes) is 2. The number of azo groups is 2. The monoisotopic (exact) mass is 406 g/mol. The van der Waals surface area contributed by atoms with Gasteiger partial charge >= 0.3 is 0 Å². The van der Waals surface area contributed by atoms with Crippen LogP contribution in [0.1, 0.15) is 63.5 Å². The highest BCUT2D eigenvalue weighted by molar-refractivity contribution is 5.80. The number of rotatable bonds is 12. The van der Waals surface area contributed by atoms with E-state index in [0.29, 0.717) is 11.4 Å². The Morgan fingerprint density at radius 3 is 2.03 bits per heavy atom. The van der Waals surface area contributed by atoms with Crippen molar-refractivity contribution in [2.45, 2.75) is 64.7 Å². The molecule has 0 radical (unpaired) electrons. The van der Waals surface area contributed by atoms with Crippen molar-refractivity contribution in [3.05, 3.63) is 59.7 Å². The molecule has 2 rings (SSSR count). The molecule has 0 aliphatic carbocycles. The van der Waals surface area contributed by atoms with Gasteiger partial charge in [0.15, 0.2) is 0 Å². The summed E-state index contributed by atoms with van der Waals surface area (Å²) in [6.07, 6.45) is 9.24. The molecular formula is C24H34N6. The Morgan fingerprint density at radius 1 is 0.767 bits per heavy atom. The van der Waals surface area contributed by atoms with Crippen LogP contribution in [0.4, 0.5) is 11.4 Å². The van der Waals surface area contributed by atoms with E-state index in [4.69, 9.17) is 11.5 Å². The van der Waals surface area contributed by atoms with Crippen molar-refractivity contribution in [2.24, 2.45) is 31.9 Å². The smallest absolute Gasteiger partial charge is 0.120 e. The van der Waals surface area contributed by atoms with Gasteiger partial charge in [-0.3, -0.25) is 0 Å². The molecule has 2 atom stereocenters. The van der Waals surface area contributed by atoms with Gasteiger partial charge in [0.2, 0.25) is 0 Å². The molecule has 0 amide bonds. The van der Waals surface area contributed by atoms with Crippen molar-refractivity contribution in [3.63, 3.8) is 0 Å². The summed E-state index contributed by atoms with van der Waals surface area (Å²) < 4.78 is 0. The number of nitrogens with zero attached hydrogens (tertiary/aromatic N) is 4. The molecule has 0 bridgehead atoms. The molecule has 2 aromatic rings. The first kappa shape index (κ1) is 23.6. The molecule has 6 heteroatoms. The summed E-state index contributed by atoms with van der Waals surface area (Å²) in [5.41, 5.74) is 15.5. The third kappa shape index (κ3) is 8.35. The summed E-state index contributed by atoms with van der Waals surface area (Å²) >= 11 is 0. The number of nitrogens with two attached hydrogens (primary N) is 2. The van der Waals surface area contributed by atoms with Crippen LogP contribution in [0.5, 0.6) is 0 Å². The Hall–Kier alpha value is -2.70. The summed E-state index contributed by atoms with van der Waals surface area (Å²) in [6.45, 7) is 4.26. The van der Waals surface area contributed by atoms with E-state index in [1.54, 1.807) is 0 Å². The maximum atomic E-state index is 6.10. The largest absolute Gasteiger partial charge is 0.308 e. The molecular weight excluding hydrogens is 372 g/mol. The molecule has 0 spiro atoms. The second-order valence-electron chi connectivity index (χ2n) is 7.31. The van der Waals surface area contributed by atoms with Gasteiger partial charge in [-0.1, -0.05) is 94.1 Å². The SMILES string of the molecule is CCCCC(N)N=Nc1cccc(C=Cc2ccccc2)c1N=NC(N)CCCC. The van der Waals surface area contributed by atoms with Gasteiger partial charge in [-0.05, 0) is 24.5 Å². The van der Waals surface area contributed by atoms with E-state index in [1.165, 1.54) is 0 Å². The minimum absolute atomic E-state index is 0.315. The fraction of sp³-hybridized carbons (Fsp3) is 0.417. The zero-order valence-corrected chi connectivity index (χ0v) is 18.1. The molecule has 2 aromatic carbocycles. The average molecular weight is 407 g/mol. The van der Waals surface area contributed by atoms with Crippen LogP contribution in [-0.4, -0.2) is 12.3 Å². The van der Waals surface area contributed by atoms with Crippen molar-refractivity contribution >= 4 is 23.5 Å². The molecule has 160 valence electrons. The van der Waals surface area contributed by atoms with Gasteiger partial charge in [-0.2, -0.15) is 20.5 Å². The van der Waals surface area contributed by atoms with E-state index in [-0.39, 0.29) is 12.3 Å². The van der Waals surface area contributed by atoms with Gasteiger partial charge in [0.1, 0.15) is 23.7 Å². The molecule has 0 saturated heterocycles. The van der Waals surface area contributed by atoms with Crippen molar-refractivity contribution in [1.82, 2.24) is 0 Å². The maximum Gasteiger partial charge on any atom is 0.120 e. The second kappa shape index (κ2) is 13.5. The summed E-state index contributed by atoms with van der Waals surface area (Å²) in [4.78, 5) is 0. The number of hydrogen-bond donors (Lipinski definition) is 2. The third-order valence-electron chi connectivity index (χ3n) is 4.63. The van der Waals surface area contributed by atoms with Gasteiger partial charge in [0, 0.05) is 5.56 Å². The summed E-state index contributed by atoms with van der Waals surface area (Å²) in [6, 6.07) is 15.9. The molecule has 0 aliphatic heterocycles. The predicted molar refractivity (Wildman–Crippen MR) is 126 cm³/mol. The molecule has 6 nitrogen and oxygen atoms in total. The van der Waals surface area contributed by atoms with Crippen LogP contribution < -0.4 is 11.5 Å². The van der Waals surface area contributed by atoms with Crippen molar-refractivity contribution in [2.75, 3.05) is 0 Å². The molecule has 0 saturated carbocycles. The lowest BCUT2D eigenvalue weighted by Gasteiger charge is -2.08. The second-order valence-corrected chi connectivity index (χ2v) is 7.31. The lowest BCUT2D eigenvalue weighted by atomic mass is 10.1. The Balaban J connectivity index is 2.31. The summed E-state index contributed by atoms with van der Waals surface area (Å²) in [5, 5.41) is 17.4. The zero-order valence-electron chi connectivity index (χ0n) is 18.1. The molecule has 0 heterocycles. The van der Waals surface area contributed by atoms with E-state index in [0.717, 1.165) is 49.7 Å². The lowest BCUT2D eigenvalue weighted by molar-refractivity contribution is 0.575. The van der Waals surface area contributed by atoms with Gasteiger partial charge in [0.25, 0.3) is 0 Å². The van der Waals surface area contributed by atoms with Crippen LogP contribution >= 0.6 is 0 Å². The highest BCUT2D eigenvalue weighted by atomic mass is 15.2. The Bertz CT molecular complexity index is 829. The fourth-order valence-electron chi connectivity index (χ4n) is 2.83. The first-order valence-corrected chi connectivity index (χ1v) is 10.8. The van der Waals surface area contributed by atoms with Crippen molar-refractivity contribution < 1.29 is 0 Å². The highest BCUT2D eigenvalue weighted by Crippen LogP contribution is 2.34. The van der Waals surface area contributed by atoms with E-state index >= 15 is 0 Å². The molecule has 0 aliphatic rings. The van der Waals surface area contributed by atoms with E-state index in [9.17, 15) is 0 Å². The van der Waals surface area contributed by atoms with Crippen molar-refractivity contribution in [3.8, 4) is 0 Å². The fourth-order valence-corrected chi connectivity index (χ4v) is 2.83. The number of benzene rings is 2. The van der Waals surface area contributed by atoms with Gasteiger partial charge in [-0.25, -0.2) is 0 Å². The van der Waals surface area contributed by atoms with Gasteiger partial charge in [0.05, 0.1) is 0 Å². The minimum atomic E-state index is -0.326. The Morgan fingerprint density at radius 2 is 1.40 bits per heavy atom. The molecule has 2 unspecified atom stereocenters. The minimum Gasteiger partial charge on any atom is -0.308 e. The summed E-state index contributed by atoms with van der Waals surface area (Å²) in [5.74, 6) is 0. The van der Waals surface area contributed by atoms with Gasteiger partial charge < -0.3 is 11.5 Å². The summed E-state index contributed by atoms with van der Waals surface area (Å²) in [7, 11) is 0. The van der Waals surface area contributed by atoms with Crippen LogP contribution in [-0.2, 0) is 0 Å². The maximum absolute atomic E-state index is 6.10. The van der Waals surface area contributed by atoms with Gasteiger partial charge in [-0.15, -0.1) is 0 Å². The van der Waals surface area contributed by atoms with E-state index in [2.05, 4.69) is 46.4 Å². The molecule has 0 aromatic heterocycles.